The zero-order valence-corrected chi connectivity index (χ0v) is 75.2. The zero-order valence-electron chi connectivity index (χ0n) is 74.4. The summed E-state index contributed by atoms with van der Waals surface area (Å²) in [7, 11) is 6.35. The van der Waals surface area contributed by atoms with Crippen LogP contribution in [0.15, 0.2) is 164 Å². The standard InChI is InChI=1S/C93H117FN16O19S/c1-11-12-31-74-91(127)107(7)51-79(115)99-70(47-81(117)118)87(123)105-82(55(4)5)93(129)109(9)75(43-56-23-15-13-16-24-56)88(124)103-71(42-59-34-38-63(112)39-35-59)89(125)106(6)50-78(114)98-69(46-61-48-96-66-30-22-20-28-64(61)66)86(122)102-68(41-58-32-36-62(111)37-33-58)85(121)101-67(40-54(2)3)84(120)104-73(83(119)97-49-77(95)113)52-130-53-80(116)100-72(45-60-27-19-21-29-65(60)94)90(126)110(10)76(92(128)108(74)8)44-57-25-17-14-18-26-57/h13-30,32-39,48,54-55,67-76,82,96,111-112H,11-12,31,40-47,49-53H2,1-10H3,(H2,95,113)(H,97,119)(H,98,114)(H,99,115)(H,100,116)(H,101,121)(H,102,122)(H,103,124)(H,104,120)(H,105,123)(H,117,118)/t67-,68-,69-,70-,71-,72-,73-,74-,75-,76-,82-/m0/s1. The minimum atomic E-state index is -1.93. The van der Waals surface area contributed by atoms with Gasteiger partial charge in [-0.2, -0.15) is 0 Å². The number of primary amides is 1. The zero-order chi connectivity index (χ0) is 95.2. The van der Waals surface area contributed by atoms with Crippen LogP contribution in [-0.4, -0.2) is 272 Å². The van der Waals surface area contributed by atoms with Crippen molar-refractivity contribution in [2.24, 2.45) is 17.6 Å². The second-order valence-electron chi connectivity index (χ2n) is 33.2. The van der Waals surface area contributed by atoms with Gasteiger partial charge in [0.1, 0.15) is 83.8 Å². The first kappa shape index (κ1) is 102. The molecule has 0 unspecified atom stereocenters. The van der Waals surface area contributed by atoms with E-state index in [-0.39, 0.29) is 67.9 Å². The number of nitrogens with zero attached hydrogens (tertiary/aromatic N) is 5. The molecule has 0 spiro atoms. The van der Waals surface area contributed by atoms with Gasteiger partial charge in [0.25, 0.3) is 0 Å². The predicted molar refractivity (Wildman–Crippen MR) is 482 cm³/mol. The Morgan fingerprint density at radius 2 is 0.946 bits per heavy atom. The molecule has 1 aliphatic rings. The molecule has 6 aromatic carbocycles. The van der Waals surface area contributed by atoms with Crippen molar-refractivity contribution in [1.82, 2.24) is 77.3 Å². The number of fused-ring (bicyclic) bond motifs is 1. The summed E-state index contributed by atoms with van der Waals surface area (Å²) in [5.74, 6) is -19.1. The fourth-order valence-corrected chi connectivity index (χ4v) is 15.8. The number of carboxylic acid groups (broad SMARTS) is 1. The number of carbonyl (C=O) groups excluding carboxylic acids is 15. The molecule has 2 heterocycles. The monoisotopic (exact) mass is 1810 g/mol. The SMILES string of the molecule is CCCC[C@H]1C(=O)N(C)CC(=O)N[C@@H](CC(=O)O)C(=O)N[C@@H](C(C)C)C(=O)N(C)[C@@H](Cc2ccccc2)C(=O)N[C@@H](Cc2ccc(O)cc2)C(=O)N(C)CC(=O)N[C@@H](Cc2c[nH]c3ccccc23)C(=O)N[C@@H](Cc2ccc(O)cc2)C(=O)N[C@@H](CC(C)C)C(=O)N[C@H](C(=O)NCC(N)=O)CSCC(=O)N[C@@H](Cc2ccccc2F)C(=O)N(C)[C@@H](Cc2ccccc2)C(=O)N1C. The quantitative estimate of drug-likeness (QED) is 0.0437. The van der Waals surface area contributed by atoms with E-state index < -0.39 is 217 Å². The molecule has 1 saturated heterocycles. The molecule has 0 radical (unpaired) electrons. The van der Waals surface area contributed by atoms with Crippen LogP contribution in [0.25, 0.3) is 10.9 Å². The van der Waals surface area contributed by atoms with E-state index in [9.17, 15) is 58.5 Å². The summed E-state index contributed by atoms with van der Waals surface area (Å²) < 4.78 is 15.8. The van der Waals surface area contributed by atoms with Crippen LogP contribution in [-0.2, 0) is 115 Å². The Hall–Kier alpha value is -13.7. The first-order chi connectivity index (χ1) is 61.8. The van der Waals surface area contributed by atoms with Gasteiger partial charge in [-0.15, -0.1) is 11.8 Å². The first-order valence-corrected chi connectivity index (χ1v) is 43.9. The average molecular weight is 1810 g/mol. The Morgan fingerprint density at radius 3 is 1.52 bits per heavy atom. The van der Waals surface area contributed by atoms with E-state index in [4.69, 9.17) is 5.73 Å². The van der Waals surface area contributed by atoms with Gasteiger partial charge in [0, 0.05) is 96.6 Å². The van der Waals surface area contributed by atoms with E-state index in [1.807, 2.05) is 6.92 Å². The fourth-order valence-electron chi connectivity index (χ4n) is 15.0. The lowest BCUT2D eigenvalue weighted by Crippen LogP contribution is -2.61. The summed E-state index contributed by atoms with van der Waals surface area (Å²) in [6.45, 7) is 6.01. The number of halogens is 1. The summed E-state index contributed by atoms with van der Waals surface area (Å²) in [5.41, 5.74) is 8.36. The number of amides is 15. The van der Waals surface area contributed by atoms with Gasteiger partial charge in [0.15, 0.2) is 0 Å². The first-order valence-electron chi connectivity index (χ1n) is 42.8. The lowest BCUT2D eigenvalue weighted by molar-refractivity contribution is -0.151. The molecule has 1 fully saturated rings. The van der Waals surface area contributed by atoms with Crippen LogP contribution in [0.1, 0.15) is 100 Å². The Labute approximate surface area is 757 Å². The molecular weight excluding hydrogens is 1700 g/mol. The number of hydrogen-bond donors (Lipinski definition) is 14. The second-order valence-corrected chi connectivity index (χ2v) is 34.2. The molecule has 1 aliphatic heterocycles. The number of carbonyl (C=O) groups is 16. The molecule has 0 saturated carbocycles. The van der Waals surface area contributed by atoms with E-state index >= 15 is 38.0 Å². The van der Waals surface area contributed by atoms with Gasteiger partial charge < -0.3 is 98.4 Å². The summed E-state index contributed by atoms with van der Waals surface area (Å²) in [6, 6.07) is 23.1. The molecule has 37 heteroatoms. The largest absolute Gasteiger partial charge is 0.508 e. The van der Waals surface area contributed by atoms with Crippen LogP contribution >= 0.6 is 11.8 Å². The van der Waals surface area contributed by atoms with E-state index in [0.717, 1.165) is 42.3 Å². The number of likely N-dealkylation sites (N-methyl/N-ethyl adjacent to an activating group) is 5. The molecule has 15 amide bonds. The van der Waals surface area contributed by atoms with Gasteiger partial charge in [-0.05, 0) is 94.5 Å². The highest BCUT2D eigenvalue weighted by molar-refractivity contribution is 8.00. The molecule has 35 nitrogen and oxygen atoms in total. The maximum atomic E-state index is 15.8. The summed E-state index contributed by atoms with van der Waals surface area (Å²) >= 11 is 0.758. The van der Waals surface area contributed by atoms with E-state index in [1.54, 1.807) is 119 Å². The number of unbranched alkanes of at least 4 members (excludes halogenated alkanes) is 1. The highest BCUT2D eigenvalue weighted by Gasteiger charge is 2.42. The van der Waals surface area contributed by atoms with Crippen molar-refractivity contribution >= 4 is 117 Å². The number of phenols is 2. The number of nitrogens with one attached hydrogen (secondary N) is 10. The van der Waals surface area contributed by atoms with Crippen LogP contribution < -0.4 is 53.6 Å². The minimum Gasteiger partial charge on any atom is -0.508 e. The van der Waals surface area contributed by atoms with Crippen molar-refractivity contribution in [3.8, 4) is 11.5 Å². The van der Waals surface area contributed by atoms with Crippen molar-refractivity contribution in [2.45, 2.75) is 172 Å². The van der Waals surface area contributed by atoms with Gasteiger partial charge >= 0.3 is 5.97 Å². The molecule has 696 valence electrons. The number of H-pyrrole nitrogens is 1. The van der Waals surface area contributed by atoms with Crippen LogP contribution in [0.5, 0.6) is 11.5 Å². The smallest absolute Gasteiger partial charge is 0.305 e. The van der Waals surface area contributed by atoms with Crippen LogP contribution in [0.2, 0.25) is 0 Å². The maximum Gasteiger partial charge on any atom is 0.305 e. The number of thioether (sulfide) groups is 1. The highest BCUT2D eigenvalue weighted by Crippen LogP contribution is 2.25. The lowest BCUT2D eigenvalue weighted by atomic mass is 9.98. The predicted octanol–water partition coefficient (Wildman–Crippen LogP) is 2.47. The van der Waals surface area contributed by atoms with Crippen molar-refractivity contribution in [3.05, 3.63) is 203 Å². The van der Waals surface area contributed by atoms with E-state index in [1.165, 1.54) is 102 Å². The maximum absolute atomic E-state index is 15.8. The third-order valence-electron chi connectivity index (χ3n) is 22.2. The van der Waals surface area contributed by atoms with Crippen molar-refractivity contribution in [3.63, 3.8) is 0 Å². The third-order valence-corrected chi connectivity index (χ3v) is 23.2. The van der Waals surface area contributed by atoms with E-state index in [2.05, 4.69) is 52.8 Å². The molecular formula is C93H117FN16O19S. The molecule has 8 rings (SSSR count). The Morgan fingerprint density at radius 1 is 0.477 bits per heavy atom. The van der Waals surface area contributed by atoms with Gasteiger partial charge in [-0.25, -0.2) is 4.39 Å². The molecule has 15 N–H and O–H groups in total. The number of phenolic OH excluding ortho intramolecular Hbond substituents is 2. The lowest BCUT2D eigenvalue weighted by Gasteiger charge is -2.37. The summed E-state index contributed by atoms with van der Waals surface area (Å²) in [5, 5.41) is 55.3. The number of aliphatic carboxylic acids is 1. The number of aromatic amines is 1. The number of benzene rings is 6. The normalized spacial score (nSPS) is 21.8. The number of para-hydroxylation sites is 1. The molecule has 0 bridgehead atoms. The number of aromatic hydroxyl groups is 2. The van der Waals surface area contributed by atoms with Crippen LogP contribution in [0.4, 0.5) is 4.39 Å². The molecule has 130 heavy (non-hydrogen) atoms. The van der Waals surface area contributed by atoms with E-state index in [0.29, 0.717) is 51.6 Å². The number of hydrogen-bond acceptors (Lipinski definition) is 19. The third kappa shape index (κ3) is 30.2. The molecule has 1 aromatic heterocycles. The minimum absolute atomic E-state index is 0.0125. The molecule has 0 aliphatic carbocycles. The molecule has 7 aromatic rings. The van der Waals surface area contributed by atoms with Gasteiger partial charge in [-0.1, -0.05) is 169 Å². The Kier molecular flexibility index (Phi) is 38.3. The molecule has 11 atom stereocenters. The number of carboxylic acids is 1. The number of nitrogens with two attached hydrogens (primary N) is 1. The van der Waals surface area contributed by atoms with Crippen LogP contribution in [0.3, 0.4) is 0 Å². The van der Waals surface area contributed by atoms with Crippen LogP contribution in [0, 0.1) is 17.7 Å². The van der Waals surface area contributed by atoms with Gasteiger partial charge in [-0.3, -0.25) is 76.7 Å². The summed E-state index contributed by atoms with van der Waals surface area (Å²) in [4.78, 5) is 243. The Bertz CT molecular complexity index is 5140. The van der Waals surface area contributed by atoms with Crippen molar-refractivity contribution in [2.75, 3.05) is 66.4 Å². The fraction of sp³-hybridized carbons (Fsp3) is 0.419. The van der Waals surface area contributed by atoms with Gasteiger partial charge in [0.2, 0.25) is 88.6 Å². The topological polar surface area (TPSA) is 500 Å². The highest BCUT2D eigenvalue weighted by atomic mass is 32.2. The average Bonchev–Trinajstić information content (AvgIpc) is 1.48. The second kappa shape index (κ2) is 49.0. The Balaban J connectivity index is 1.22. The number of aromatic nitrogens is 1. The van der Waals surface area contributed by atoms with Gasteiger partial charge in [0.05, 0.1) is 31.8 Å². The number of rotatable bonds is 23. The summed E-state index contributed by atoms with van der Waals surface area (Å²) in [6.07, 6.45) is -0.570. The van der Waals surface area contributed by atoms with Crippen molar-refractivity contribution in [1.29, 1.82) is 0 Å². The van der Waals surface area contributed by atoms with Crippen molar-refractivity contribution < 1.29 is 96.4 Å².